The molecule has 0 radical (unpaired) electrons. The molecule has 1 unspecified atom stereocenters. The van der Waals surface area contributed by atoms with E-state index in [4.69, 9.17) is 10.5 Å². The van der Waals surface area contributed by atoms with E-state index in [1.807, 2.05) is 0 Å². The van der Waals surface area contributed by atoms with Crippen LogP contribution in [0.15, 0.2) is 0 Å². The molecule has 4 heteroatoms. The molecule has 0 aliphatic carbocycles. The second-order valence-corrected chi connectivity index (χ2v) is 4.05. The summed E-state index contributed by atoms with van der Waals surface area (Å²) in [4.78, 5) is 4.83. The number of nitrogens with two attached hydrogens (primary N) is 1. The SMILES string of the molecule is COC(CN)CN1CCCN(C)CC1. The van der Waals surface area contributed by atoms with E-state index in [9.17, 15) is 0 Å². The zero-order valence-corrected chi connectivity index (χ0v) is 9.41. The van der Waals surface area contributed by atoms with Crippen LogP contribution in [0.3, 0.4) is 0 Å². The fourth-order valence-electron chi connectivity index (χ4n) is 1.82. The van der Waals surface area contributed by atoms with Gasteiger partial charge in [-0.2, -0.15) is 0 Å². The molecule has 1 saturated heterocycles. The van der Waals surface area contributed by atoms with Crippen LogP contribution >= 0.6 is 0 Å². The molecule has 1 rings (SSSR count). The fraction of sp³-hybridized carbons (Fsp3) is 1.00. The summed E-state index contributed by atoms with van der Waals surface area (Å²) >= 11 is 0. The Balaban J connectivity index is 2.29. The Bertz CT molecular complexity index is 150. The van der Waals surface area contributed by atoms with Crippen LogP contribution < -0.4 is 5.73 Å². The van der Waals surface area contributed by atoms with Crippen LogP contribution in [0, 0.1) is 0 Å². The molecule has 1 fully saturated rings. The first kappa shape index (κ1) is 11.9. The lowest BCUT2D eigenvalue weighted by Crippen LogP contribution is -2.39. The molecular weight excluding hydrogens is 178 g/mol. The highest BCUT2D eigenvalue weighted by atomic mass is 16.5. The van der Waals surface area contributed by atoms with Crippen molar-refractivity contribution in [3.05, 3.63) is 0 Å². The molecule has 2 N–H and O–H groups in total. The second kappa shape index (κ2) is 6.35. The number of ether oxygens (including phenoxy) is 1. The van der Waals surface area contributed by atoms with Gasteiger partial charge in [0.25, 0.3) is 0 Å². The van der Waals surface area contributed by atoms with Crippen molar-refractivity contribution >= 4 is 0 Å². The molecule has 0 aromatic carbocycles. The summed E-state index contributed by atoms with van der Waals surface area (Å²) in [5.41, 5.74) is 5.60. The molecule has 1 aliphatic heterocycles. The molecule has 0 saturated carbocycles. The van der Waals surface area contributed by atoms with Crippen molar-refractivity contribution in [1.29, 1.82) is 0 Å². The van der Waals surface area contributed by atoms with Crippen LogP contribution in [0.2, 0.25) is 0 Å². The van der Waals surface area contributed by atoms with Crippen molar-refractivity contribution in [3.63, 3.8) is 0 Å². The number of methoxy groups -OCH3 is 1. The lowest BCUT2D eigenvalue weighted by molar-refractivity contribution is 0.0713. The summed E-state index contributed by atoms with van der Waals surface area (Å²) < 4.78 is 5.29. The van der Waals surface area contributed by atoms with Gasteiger partial charge < -0.3 is 15.4 Å². The van der Waals surface area contributed by atoms with E-state index in [0.717, 1.165) is 19.6 Å². The zero-order chi connectivity index (χ0) is 10.4. The molecule has 0 aromatic rings. The standard InChI is InChI=1S/C10H23N3O/c1-12-4-3-5-13(7-6-12)9-10(8-11)14-2/h10H,3-9,11H2,1-2H3. The van der Waals surface area contributed by atoms with Gasteiger partial charge in [-0.1, -0.05) is 0 Å². The Kier molecular flexibility index (Phi) is 5.40. The van der Waals surface area contributed by atoms with Crippen LogP contribution in [0.5, 0.6) is 0 Å². The Hall–Kier alpha value is -0.160. The summed E-state index contributed by atoms with van der Waals surface area (Å²) in [6, 6.07) is 0. The molecule has 1 aliphatic rings. The largest absolute Gasteiger partial charge is 0.379 e. The average molecular weight is 201 g/mol. The number of nitrogens with zero attached hydrogens (tertiary/aromatic N) is 2. The van der Waals surface area contributed by atoms with E-state index >= 15 is 0 Å². The summed E-state index contributed by atoms with van der Waals surface area (Å²) in [5.74, 6) is 0. The Labute approximate surface area is 87.0 Å². The van der Waals surface area contributed by atoms with Gasteiger partial charge in [0.2, 0.25) is 0 Å². The predicted octanol–water partition coefficient (Wildman–Crippen LogP) is -0.402. The van der Waals surface area contributed by atoms with E-state index < -0.39 is 0 Å². The normalized spacial score (nSPS) is 23.4. The fourth-order valence-corrected chi connectivity index (χ4v) is 1.82. The Morgan fingerprint density at radius 1 is 1.29 bits per heavy atom. The van der Waals surface area contributed by atoms with Gasteiger partial charge in [-0.25, -0.2) is 0 Å². The van der Waals surface area contributed by atoms with Crippen molar-refractivity contribution in [2.24, 2.45) is 5.73 Å². The third-order valence-electron chi connectivity index (χ3n) is 2.87. The highest BCUT2D eigenvalue weighted by molar-refractivity contribution is 4.71. The average Bonchev–Trinajstić information content (AvgIpc) is 2.40. The van der Waals surface area contributed by atoms with Crippen molar-refractivity contribution < 1.29 is 4.74 Å². The van der Waals surface area contributed by atoms with Gasteiger partial charge in [0.05, 0.1) is 6.10 Å². The minimum atomic E-state index is 0.193. The number of hydrogen-bond acceptors (Lipinski definition) is 4. The van der Waals surface area contributed by atoms with Crippen LogP contribution in [0.1, 0.15) is 6.42 Å². The molecule has 0 aromatic heterocycles. The summed E-state index contributed by atoms with van der Waals surface area (Å²) in [5, 5.41) is 0. The highest BCUT2D eigenvalue weighted by Gasteiger charge is 2.15. The van der Waals surface area contributed by atoms with Crippen LogP contribution in [-0.2, 0) is 4.74 Å². The number of rotatable bonds is 4. The highest BCUT2D eigenvalue weighted by Crippen LogP contribution is 2.02. The quantitative estimate of drug-likeness (QED) is 0.672. The van der Waals surface area contributed by atoms with Gasteiger partial charge in [-0.05, 0) is 26.6 Å². The second-order valence-electron chi connectivity index (χ2n) is 4.05. The van der Waals surface area contributed by atoms with Gasteiger partial charge in [-0.3, -0.25) is 4.90 Å². The molecule has 4 nitrogen and oxygen atoms in total. The van der Waals surface area contributed by atoms with Gasteiger partial charge in [-0.15, -0.1) is 0 Å². The van der Waals surface area contributed by atoms with Crippen molar-refractivity contribution in [2.45, 2.75) is 12.5 Å². The van der Waals surface area contributed by atoms with Gasteiger partial charge in [0.15, 0.2) is 0 Å². The summed E-state index contributed by atoms with van der Waals surface area (Å²) in [6.45, 7) is 6.25. The van der Waals surface area contributed by atoms with E-state index in [0.29, 0.717) is 6.54 Å². The predicted molar refractivity (Wildman–Crippen MR) is 58.4 cm³/mol. The monoisotopic (exact) mass is 201 g/mol. The van der Waals surface area contributed by atoms with E-state index in [1.54, 1.807) is 7.11 Å². The topological polar surface area (TPSA) is 41.7 Å². The number of hydrogen-bond donors (Lipinski definition) is 1. The maximum absolute atomic E-state index is 5.60. The minimum absolute atomic E-state index is 0.193. The molecule has 1 atom stereocenters. The summed E-state index contributed by atoms with van der Waals surface area (Å²) in [7, 11) is 3.92. The molecule has 0 bridgehead atoms. The Morgan fingerprint density at radius 2 is 2.07 bits per heavy atom. The van der Waals surface area contributed by atoms with Gasteiger partial charge in [0, 0.05) is 33.3 Å². The number of likely N-dealkylation sites (N-methyl/N-ethyl adjacent to an activating group) is 1. The third-order valence-corrected chi connectivity index (χ3v) is 2.87. The lowest BCUT2D eigenvalue weighted by atomic mass is 10.3. The molecule has 84 valence electrons. The molecule has 1 heterocycles. The van der Waals surface area contributed by atoms with Crippen molar-refractivity contribution in [1.82, 2.24) is 9.80 Å². The van der Waals surface area contributed by atoms with Crippen molar-refractivity contribution in [2.75, 3.05) is 53.4 Å². The van der Waals surface area contributed by atoms with Crippen LogP contribution in [-0.4, -0.2) is 69.3 Å². The first-order valence-corrected chi connectivity index (χ1v) is 5.40. The Morgan fingerprint density at radius 3 is 2.71 bits per heavy atom. The molecule has 0 amide bonds. The van der Waals surface area contributed by atoms with Crippen LogP contribution in [0.4, 0.5) is 0 Å². The van der Waals surface area contributed by atoms with Crippen LogP contribution in [0.25, 0.3) is 0 Å². The van der Waals surface area contributed by atoms with Gasteiger partial charge >= 0.3 is 0 Å². The minimum Gasteiger partial charge on any atom is -0.379 e. The molecule has 0 spiro atoms. The molecule has 14 heavy (non-hydrogen) atoms. The van der Waals surface area contributed by atoms with E-state index in [2.05, 4.69) is 16.8 Å². The summed E-state index contributed by atoms with van der Waals surface area (Å²) in [6.07, 6.45) is 1.44. The van der Waals surface area contributed by atoms with Gasteiger partial charge in [0.1, 0.15) is 0 Å². The first-order chi connectivity index (χ1) is 6.76. The maximum atomic E-state index is 5.60. The first-order valence-electron chi connectivity index (χ1n) is 5.40. The molecular formula is C10H23N3O. The third kappa shape index (κ3) is 3.92. The van der Waals surface area contributed by atoms with Crippen molar-refractivity contribution in [3.8, 4) is 0 Å². The lowest BCUT2D eigenvalue weighted by Gasteiger charge is -2.24. The zero-order valence-electron chi connectivity index (χ0n) is 9.41. The smallest absolute Gasteiger partial charge is 0.0820 e. The maximum Gasteiger partial charge on any atom is 0.0820 e. The van der Waals surface area contributed by atoms with E-state index in [1.165, 1.54) is 19.5 Å². The van der Waals surface area contributed by atoms with E-state index in [-0.39, 0.29) is 6.10 Å².